The molecular formula is C12H14N2. The van der Waals surface area contributed by atoms with Crippen LogP contribution in [-0.4, -0.2) is 18.6 Å². The van der Waals surface area contributed by atoms with Crippen LogP contribution < -0.4 is 15.9 Å². The summed E-state index contributed by atoms with van der Waals surface area (Å²) in [5.74, 6) is 0. The van der Waals surface area contributed by atoms with E-state index in [1.807, 2.05) is 0 Å². The summed E-state index contributed by atoms with van der Waals surface area (Å²) in [7, 11) is 0. The minimum atomic E-state index is 0.390. The van der Waals surface area contributed by atoms with E-state index in [1.54, 1.807) is 0 Å². The maximum Gasteiger partial charge on any atom is 0.0876 e. The first-order valence-corrected chi connectivity index (χ1v) is 5.25. The average molecular weight is 186 g/mol. The van der Waals surface area contributed by atoms with Gasteiger partial charge in [-0.2, -0.15) is 0 Å². The zero-order valence-electron chi connectivity index (χ0n) is 8.33. The van der Waals surface area contributed by atoms with Crippen LogP contribution in [0.1, 0.15) is 13.3 Å². The smallest absolute Gasteiger partial charge is 0.0876 e. The van der Waals surface area contributed by atoms with E-state index in [-0.39, 0.29) is 0 Å². The molecule has 0 aliphatic carbocycles. The lowest BCUT2D eigenvalue weighted by Crippen LogP contribution is -2.42. The number of fused-ring (bicyclic) bond motifs is 2. The van der Waals surface area contributed by atoms with Gasteiger partial charge in [-0.05, 0) is 31.5 Å². The number of nitrogens with one attached hydrogen (secondary N) is 1. The summed E-state index contributed by atoms with van der Waals surface area (Å²) in [5, 5.41) is 6.04. The fourth-order valence-corrected chi connectivity index (χ4v) is 2.49. The van der Waals surface area contributed by atoms with Crippen LogP contribution in [0.15, 0.2) is 29.3 Å². The second-order valence-electron chi connectivity index (χ2n) is 4.11. The number of hydrogen-bond acceptors (Lipinski definition) is 2. The molecule has 1 aromatic carbocycles. The van der Waals surface area contributed by atoms with Gasteiger partial charge < -0.3 is 5.32 Å². The number of para-hydroxylation sites is 1. The summed E-state index contributed by atoms with van der Waals surface area (Å²) < 4.78 is 0. The summed E-state index contributed by atoms with van der Waals surface area (Å²) in [6, 6.07) is 9.38. The largest absolute Gasteiger partial charge is 0.311 e. The van der Waals surface area contributed by atoms with Crippen LogP contribution in [0, 0.1) is 0 Å². The zero-order valence-corrected chi connectivity index (χ0v) is 8.33. The molecule has 2 atom stereocenters. The third-order valence-corrected chi connectivity index (χ3v) is 3.22. The third kappa shape index (κ3) is 1.04. The van der Waals surface area contributed by atoms with Gasteiger partial charge in [0.1, 0.15) is 0 Å². The Morgan fingerprint density at radius 3 is 3.14 bits per heavy atom. The molecule has 2 heteroatoms. The number of hydrogen-bond donors (Lipinski definition) is 1. The molecule has 1 fully saturated rings. The van der Waals surface area contributed by atoms with Gasteiger partial charge in [-0.1, -0.05) is 18.2 Å². The van der Waals surface area contributed by atoms with Gasteiger partial charge in [-0.15, -0.1) is 0 Å². The monoisotopic (exact) mass is 186 g/mol. The predicted octanol–water partition coefficient (Wildman–Crippen LogP) is 0.221. The number of benzene rings is 1. The molecule has 2 aliphatic rings. The summed E-state index contributed by atoms with van der Waals surface area (Å²) >= 11 is 0. The second kappa shape index (κ2) is 2.92. The zero-order chi connectivity index (χ0) is 9.54. The van der Waals surface area contributed by atoms with Gasteiger partial charge >= 0.3 is 0 Å². The van der Waals surface area contributed by atoms with E-state index in [0.717, 1.165) is 13.0 Å². The Kier molecular flexibility index (Phi) is 1.71. The standard InChI is InChI=1S/C12H14N2/c1-8-12-10(6-7-13-8)9-4-2-3-5-11(9)14-12/h2-5,8,12-13H,6-7H2,1H3/t8-,12+/m0/s1. The summed E-state index contributed by atoms with van der Waals surface area (Å²) in [6.45, 7) is 3.32. The van der Waals surface area contributed by atoms with Crippen molar-refractivity contribution in [2.24, 2.45) is 4.99 Å². The first kappa shape index (κ1) is 8.18. The van der Waals surface area contributed by atoms with Crippen molar-refractivity contribution in [1.29, 1.82) is 0 Å². The van der Waals surface area contributed by atoms with Crippen LogP contribution in [0.2, 0.25) is 0 Å². The summed E-state index contributed by atoms with van der Waals surface area (Å²) in [4.78, 5) is 4.76. The van der Waals surface area contributed by atoms with E-state index in [2.05, 4.69) is 36.5 Å². The Bertz CT molecular complexity index is 475. The highest BCUT2D eigenvalue weighted by molar-refractivity contribution is 5.55. The van der Waals surface area contributed by atoms with Crippen molar-refractivity contribution in [3.8, 4) is 0 Å². The van der Waals surface area contributed by atoms with Gasteiger partial charge in [-0.3, -0.25) is 4.99 Å². The Morgan fingerprint density at radius 1 is 1.36 bits per heavy atom. The van der Waals surface area contributed by atoms with Crippen molar-refractivity contribution in [3.05, 3.63) is 34.8 Å². The molecule has 1 aromatic rings. The van der Waals surface area contributed by atoms with Crippen molar-refractivity contribution in [2.45, 2.75) is 25.4 Å². The summed E-state index contributed by atoms with van der Waals surface area (Å²) in [6.07, 6.45) is 1.15. The van der Waals surface area contributed by atoms with Gasteiger partial charge in [0.05, 0.1) is 11.4 Å². The highest BCUT2D eigenvalue weighted by Gasteiger charge is 2.27. The molecule has 14 heavy (non-hydrogen) atoms. The molecule has 0 saturated carbocycles. The fraction of sp³-hybridized carbons (Fsp3) is 0.417. The fourth-order valence-electron chi connectivity index (χ4n) is 2.49. The lowest BCUT2D eigenvalue weighted by Gasteiger charge is -2.27. The molecule has 72 valence electrons. The number of rotatable bonds is 0. The molecule has 2 nitrogen and oxygen atoms in total. The van der Waals surface area contributed by atoms with Crippen LogP contribution >= 0.6 is 0 Å². The molecule has 0 bridgehead atoms. The van der Waals surface area contributed by atoms with Crippen LogP contribution in [-0.2, 0) is 0 Å². The maximum atomic E-state index is 4.76. The molecule has 0 unspecified atom stereocenters. The van der Waals surface area contributed by atoms with Crippen molar-refractivity contribution in [1.82, 2.24) is 5.32 Å². The molecule has 2 aliphatic heterocycles. The van der Waals surface area contributed by atoms with Crippen LogP contribution in [0.5, 0.6) is 0 Å². The first-order valence-electron chi connectivity index (χ1n) is 5.25. The average Bonchev–Trinajstić information content (AvgIpc) is 2.59. The number of nitrogens with zero attached hydrogens (tertiary/aromatic N) is 1. The molecule has 3 rings (SSSR count). The maximum absolute atomic E-state index is 4.76. The Labute approximate surface area is 83.4 Å². The molecule has 0 aromatic heterocycles. The molecule has 2 heterocycles. The number of piperidine rings is 1. The van der Waals surface area contributed by atoms with E-state index < -0.39 is 0 Å². The van der Waals surface area contributed by atoms with Crippen molar-refractivity contribution >= 4 is 5.57 Å². The van der Waals surface area contributed by atoms with Gasteiger partial charge in [-0.25, -0.2) is 0 Å². The van der Waals surface area contributed by atoms with Crippen molar-refractivity contribution < 1.29 is 0 Å². The summed E-state index contributed by atoms with van der Waals surface area (Å²) in [5.41, 5.74) is 1.53. The molecule has 0 spiro atoms. The highest BCUT2D eigenvalue weighted by Crippen LogP contribution is 2.20. The van der Waals surface area contributed by atoms with Crippen molar-refractivity contribution in [3.63, 3.8) is 0 Å². The molecule has 0 amide bonds. The van der Waals surface area contributed by atoms with Crippen LogP contribution in [0.25, 0.3) is 5.57 Å². The minimum Gasteiger partial charge on any atom is -0.311 e. The van der Waals surface area contributed by atoms with E-state index in [0.29, 0.717) is 12.1 Å². The van der Waals surface area contributed by atoms with Crippen molar-refractivity contribution in [2.75, 3.05) is 6.54 Å². The molecule has 1 saturated heterocycles. The quantitative estimate of drug-likeness (QED) is 0.616. The lowest BCUT2D eigenvalue weighted by atomic mass is 9.94. The Morgan fingerprint density at radius 2 is 2.21 bits per heavy atom. The Hall–Kier alpha value is -1.15. The second-order valence-corrected chi connectivity index (χ2v) is 4.11. The predicted molar refractivity (Wildman–Crippen MR) is 56.5 cm³/mol. The first-order chi connectivity index (χ1) is 6.86. The van der Waals surface area contributed by atoms with Gasteiger partial charge in [0.15, 0.2) is 0 Å². The molecule has 0 radical (unpaired) electrons. The van der Waals surface area contributed by atoms with Crippen LogP contribution in [0.3, 0.4) is 0 Å². The topological polar surface area (TPSA) is 24.4 Å². The SMILES string of the molecule is C[C@@H]1NCCC2=c3ccccc3=N[C@@H]21. The van der Waals surface area contributed by atoms with Gasteiger partial charge in [0.2, 0.25) is 0 Å². The van der Waals surface area contributed by atoms with Gasteiger partial charge in [0, 0.05) is 11.3 Å². The van der Waals surface area contributed by atoms with E-state index in [1.165, 1.54) is 16.1 Å². The lowest BCUT2D eigenvalue weighted by molar-refractivity contribution is 0.478. The van der Waals surface area contributed by atoms with E-state index in [4.69, 9.17) is 4.99 Å². The van der Waals surface area contributed by atoms with E-state index >= 15 is 0 Å². The third-order valence-electron chi connectivity index (χ3n) is 3.22. The van der Waals surface area contributed by atoms with E-state index in [9.17, 15) is 0 Å². The molecule has 1 N–H and O–H groups in total. The molecular weight excluding hydrogens is 172 g/mol. The van der Waals surface area contributed by atoms with Gasteiger partial charge in [0.25, 0.3) is 0 Å². The normalized spacial score (nSPS) is 29.4. The minimum absolute atomic E-state index is 0.390. The Balaban J connectivity index is 2.26. The highest BCUT2D eigenvalue weighted by atomic mass is 15.0. The van der Waals surface area contributed by atoms with Crippen LogP contribution in [0.4, 0.5) is 0 Å².